The number of thiocarbonyl (C=S) groups is 1. The third kappa shape index (κ3) is 5.19. The highest BCUT2D eigenvalue weighted by Crippen LogP contribution is 2.27. The van der Waals surface area contributed by atoms with Crippen molar-refractivity contribution in [3.63, 3.8) is 0 Å². The lowest BCUT2D eigenvalue weighted by atomic mass is 10.1. The van der Waals surface area contributed by atoms with E-state index in [1.54, 1.807) is 0 Å². The minimum Gasteiger partial charge on any atom is -0.457 e. The van der Waals surface area contributed by atoms with E-state index in [2.05, 4.69) is 24.4 Å². The Balaban J connectivity index is 1.60. The molecule has 26 heavy (non-hydrogen) atoms. The number of amides is 1. The molecule has 1 amide bonds. The Morgan fingerprint density at radius 3 is 2.27 bits per heavy atom. The number of carbonyl (C=O) groups is 1. The molecule has 0 aliphatic carbocycles. The number of unbranched alkanes of at least 4 members (excludes halogenated alkanes) is 2. The van der Waals surface area contributed by atoms with E-state index < -0.39 is 0 Å². The van der Waals surface area contributed by atoms with E-state index >= 15 is 0 Å². The summed E-state index contributed by atoms with van der Waals surface area (Å²) in [6.45, 7) is 2.22. The first kappa shape index (κ1) is 18.7. The average molecular weight is 384 g/mol. The van der Waals surface area contributed by atoms with Crippen LogP contribution in [-0.2, 0) is 11.2 Å². The van der Waals surface area contributed by atoms with Crippen molar-refractivity contribution in [1.82, 2.24) is 5.32 Å². The van der Waals surface area contributed by atoms with Crippen molar-refractivity contribution in [2.45, 2.75) is 32.6 Å². The summed E-state index contributed by atoms with van der Waals surface area (Å²) in [5, 5.41) is 2.61. The molecule has 2 aromatic carbocycles. The molecular weight excluding hydrogens is 362 g/mol. The zero-order valence-corrected chi connectivity index (χ0v) is 16.3. The van der Waals surface area contributed by atoms with Crippen LogP contribution in [0.15, 0.2) is 53.4 Å². The lowest BCUT2D eigenvalue weighted by Gasteiger charge is -2.07. The Morgan fingerprint density at radius 2 is 1.69 bits per heavy atom. The van der Waals surface area contributed by atoms with E-state index in [9.17, 15) is 4.79 Å². The number of hydrogen-bond acceptors (Lipinski definition) is 4. The quantitative estimate of drug-likeness (QED) is 0.378. The third-order valence-electron chi connectivity index (χ3n) is 4.05. The molecule has 0 bridgehead atoms. The standard InChI is InChI=1S/C21H21NO2S2/c1-2-3-4-5-15-6-10-17(11-7-15)24-18-12-8-16(9-13-18)14-19-20(23)22-21(25)26-19/h6-14H,2-5H2,1H3,(H,22,23,25). The van der Waals surface area contributed by atoms with Gasteiger partial charge in [0, 0.05) is 0 Å². The number of carbonyl (C=O) groups excluding carboxylic acids is 1. The maximum Gasteiger partial charge on any atom is 0.263 e. The Labute approximate surface area is 163 Å². The van der Waals surface area contributed by atoms with Crippen LogP contribution in [-0.4, -0.2) is 10.2 Å². The van der Waals surface area contributed by atoms with E-state index in [1.165, 1.54) is 36.6 Å². The fourth-order valence-corrected chi connectivity index (χ4v) is 3.69. The van der Waals surface area contributed by atoms with Gasteiger partial charge < -0.3 is 10.1 Å². The summed E-state index contributed by atoms with van der Waals surface area (Å²) in [6, 6.07) is 15.9. The SMILES string of the molecule is CCCCCc1ccc(Oc2ccc(C=C3SC(=S)NC3=O)cc2)cc1. The highest BCUT2D eigenvalue weighted by atomic mass is 32.2. The van der Waals surface area contributed by atoms with Crippen LogP contribution in [0.4, 0.5) is 0 Å². The van der Waals surface area contributed by atoms with E-state index in [-0.39, 0.29) is 5.91 Å². The molecule has 1 saturated heterocycles. The molecule has 5 heteroatoms. The van der Waals surface area contributed by atoms with Crippen molar-refractivity contribution in [3.05, 3.63) is 64.6 Å². The van der Waals surface area contributed by atoms with Crippen LogP contribution in [0.1, 0.15) is 37.3 Å². The first-order chi connectivity index (χ1) is 12.6. The number of nitrogens with one attached hydrogen (secondary N) is 1. The minimum absolute atomic E-state index is 0.139. The summed E-state index contributed by atoms with van der Waals surface area (Å²) >= 11 is 6.28. The molecule has 1 fully saturated rings. The Kier molecular flexibility index (Phi) is 6.47. The topological polar surface area (TPSA) is 38.3 Å². The first-order valence-corrected chi connectivity index (χ1v) is 9.98. The van der Waals surface area contributed by atoms with Gasteiger partial charge >= 0.3 is 0 Å². The lowest BCUT2D eigenvalue weighted by molar-refractivity contribution is -0.115. The van der Waals surface area contributed by atoms with Crippen LogP contribution in [0.2, 0.25) is 0 Å². The molecule has 0 atom stereocenters. The molecule has 0 aromatic heterocycles. The van der Waals surface area contributed by atoms with Crippen molar-refractivity contribution < 1.29 is 9.53 Å². The van der Waals surface area contributed by atoms with Crippen LogP contribution in [0.5, 0.6) is 11.5 Å². The van der Waals surface area contributed by atoms with Crippen LogP contribution >= 0.6 is 24.0 Å². The van der Waals surface area contributed by atoms with Crippen LogP contribution in [0.25, 0.3) is 6.08 Å². The average Bonchev–Trinajstić information content (AvgIpc) is 2.95. The molecule has 0 unspecified atom stereocenters. The molecule has 1 aliphatic heterocycles. The summed E-state index contributed by atoms with van der Waals surface area (Å²) in [5.41, 5.74) is 2.28. The van der Waals surface area contributed by atoms with Crippen molar-refractivity contribution >= 4 is 40.3 Å². The predicted molar refractivity (Wildman–Crippen MR) is 112 cm³/mol. The molecule has 0 radical (unpaired) electrons. The number of aryl methyl sites for hydroxylation is 1. The van der Waals surface area contributed by atoms with Gasteiger partial charge in [-0.25, -0.2) is 0 Å². The van der Waals surface area contributed by atoms with E-state index in [0.717, 1.165) is 23.5 Å². The molecule has 3 rings (SSSR count). The van der Waals surface area contributed by atoms with Gasteiger partial charge in [-0.2, -0.15) is 0 Å². The van der Waals surface area contributed by atoms with Crippen LogP contribution < -0.4 is 10.1 Å². The zero-order chi connectivity index (χ0) is 18.4. The molecule has 0 spiro atoms. The minimum atomic E-state index is -0.139. The van der Waals surface area contributed by atoms with Crippen LogP contribution in [0.3, 0.4) is 0 Å². The second-order valence-corrected chi connectivity index (χ2v) is 7.84. The van der Waals surface area contributed by atoms with Crippen molar-refractivity contribution in [3.8, 4) is 11.5 Å². The third-order valence-corrected chi connectivity index (χ3v) is 5.21. The zero-order valence-electron chi connectivity index (χ0n) is 14.7. The molecule has 1 aliphatic rings. The summed E-state index contributed by atoms with van der Waals surface area (Å²) in [6.07, 6.45) is 6.69. The van der Waals surface area contributed by atoms with E-state index in [0.29, 0.717) is 9.23 Å². The van der Waals surface area contributed by atoms with Crippen LogP contribution in [0, 0.1) is 0 Å². The van der Waals surface area contributed by atoms with Gasteiger partial charge in [0.1, 0.15) is 15.8 Å². The van der Waals surface area contributed by atoms with Gasteiger partial charge in [0.2, 0.25) is 0 Å². The summed E-state index contributed by atoms with van der Waals surface area (Å²) in [5.74, 6) is 1.45. The van der Waals surface area contributed by atoms with E-state index in [1.807, 2.05) is 42.5 Å². The summed E-state index contributed by atoms with van der Waals surface area (Å²) in [4.78, 5) is 12.3. The smallest absolute Gasteiger partial charge is 0.263 e. The van der Waals surface area contributed by atoms with Gasteiger partial charge in [0.05, 0.1) is 4.91 Å². The van der Waals surface area contributed by atoms with E-state index in [4.69, 9.17) is 17.0 Å². The van der Waals surface area contributed by atoms with Crippen molar-refractivity contribution in [2.24, 2.45) is 0 Å². The molecular formula is C21H21NO2S2. The normalized spacial score (nSPS) is 15.3. The van der Waals surface area contributed by atoms with Gasteiger partial charge in [-0.05, 0) is 54.3 Å². The maximum atomic E-state index is 11.7. The second kappa shape index (κ2) is 9.01. The Bertz CT molecular complexity index is 811. The maximum absolute atomic E-state index is 11.7. The number of hydrogen-bond donors (Lipinski definition) is 1. The predicted octanol–water partition coefficient (Wildman–Crippen LogP) is 5.70. The summed E-state index contributed by atoms with van der Waals surface area (Å²) < 4.78 is 6.40. The van der Waals surface area contributed by atoms with Gasteiger partial charge in [0.25, 0.3) is 5.91 Å². The largest absolute Gasteiger partial charge is 0.457 e. The highest BCUT2D eigenvalue weighted by molar-refractivity contribution is 8.26. The molecule has 3 nitrogen and oxygen atoms in total. The number of thioether (sulfide) groups is 1. The Morgan fingerprint density at radius 1 is 1.04 bits per heavy atom. The molecule has 134 valence electrons. The number of ether oxygens (including phenoxy) is 1. The molecule has 1 N–H and O–H groups in total. The number of benzene rings is 2. The molecule has 2 aromatic rings. The fraction of sp³-hybridized carbons (Fsp3) is 0.238. The number of rotatable bonds is 7. The fourth-order valence-electron chi connectivity index (χ4n) is 2.64. The second-order valence-electron chi connectivity index (χ2n) is 6.12. The first-order valence-electron chi connectivity index (χ1n) is 8.76. The monoisotopic (exact) mass is 383 g/mol. The molecule has 1 heterocycles. The molecule has 0 saturated carbocycles. The van der Waals surface area contributed by atoms with Crippen molar-refractivity contribution in [2.75, 3.05) is 0 Å². The van der Waals surface area contributed by atoms with Crippen molar-refractivity contribution in [1.29, 1.82) is 0 Å². The van der Waals surface area contributed by atoms with Gasteiger partial charge in [-0.1, -0.05) is 68.0 Å². The van der Waals surface area contributed by atoms with Gasteiger partial charge in [-0.3, -0.25) is 4.79 Å². The lowest BCUT2D eigenvalue weighted by Crippen LogP contribution is -2.17. The van der Waals surface area contributed by atoms with Gasteiger partial charge in [-0.15, -0.1) is 0 Å². The highest BCUT2D eigenvalue weighted by Gasteiger charge is 2.21. The van der Waals surface area contributed by atoms with Gasteiger partial charge in [0.15, 0.2) is 0 Å². The summed E-state index contributed by atoms with van der Waals surface area (Å²) in [7, 11) is 0. The Hall–Kier alpha value is -2.11.